The molecule has 0 saturated carbocycles. The lowest BCUT2D eigenvalue weighted by molar-refractivity contribution is -0.119. The number of amides is 2. The van der Waals surface area contributed by atoms with Gasteiger partial charge >= 0.3 is 0 Å². The molecule has 1 fully saturated rings. The van der Waals surface area contributed by atoms with Crippen LogP contribution in [0, 0.1) is 0 Å². The van der Waals surface area contributed by atoms with E-state index >= 15 is 0 Å². The topological polar surface area (TPSA) is 89.0 Å². The van der Waals surface area contributed by atoms with Gasteiger partial charge in [0.25, 0.3) is 5.91 Å². The summed E-state index contributed by atoms with van der Waals surface area (Å²) in [6, 6.07) is 3.65. The molecule has 0 aromatic heterocycles. The Morgan fingerprint density at radius 3 is 2.72 bits per heavy atom. The van der Waals surface area contributed by atoms with Crippen molar-refractivity contribution in [3.63, 3.8) is 0 Å². The Kier molecular flexibility index (Phi) is 6.89. The van der Waals surface area contributed by atoms with Crippen molar-refractivity contribution in [3.05, 3.63) is 27.1 Å². The molecule has 25 heavy (non-hydrogen) atoms. The lowest BCUT2D eigenvalue weighted by atomic mass is 10.2. The normalized spacial score (nSPS) is 16.9. The van der Waals surface area contributed by atoms with Crippen molar-refractivity contribution in [2.75, 3.05) is 13.2 Å². The lowest BCUT2D eigenvalue weighted by Crippen LogP contribution is -2.23. The van der Waals surface area contributed by atoms with Crippen LogP contribution in [0.2, 0.25) is 0 Å². The fourth-order valence-corrected chi connectivity index (χ4v) is 3.34. The Hall–Kier alpha value is -2.00. The van der Waals surface area contributed by atoms with Crippen molar-refractivity contribution < 1.29 is 19.1 Å². The van der Waals surface area contributed by atoms with Gasteiger partial charge in [-0.1, -0.05) is 0 Å². The maximum atomic E-state index is 12.0. The molecule has 0 bridgehead atoms. The van der Waals surface area contributed by atoms with Gasteiger partial charge in [-0.2, -0.15) is 0 Å². The molecule has 1 aromatic carbocycles. The van der Waals surface area contributed by atoms with Crippen LogP contribution in [0.1, 0.15) is 26.3 Å². The number of halogens is 1. The largest absolute Gasteiger partial charge is 0.490 e. The number of rotatable bonds is 6. The molecule has 0 radical (unpaired) electrons. The molecule has 1 aliphatic heterocycles. The number of thioether (sulfide) groups is 1. The van der Waals surface area contributed by atoms with E-state index in [1.807, 2.05) is 26.0 Å². The quantitative estimate of drug-likeness (QED) is 0.538. The second kappa shape index (κ2) is 8.91. The van der Waals surface area contributed by atoms with Crippen LogP contribution >= 0.6 is 27.7 Å². The van der Waals surface area contributed by atoms with Crippen LogP contribution < -0.4 is 20.2 Å². The summed E-state index contributed by atoms with van der Waals surface area (Å²) in [6.45, 7) is 6.14. The number of hydrogen-bond acceptors (Lipinski definition) is 6. The molecule has 1 heterocycles. The Labute approximate surface area is 158 Å². The standard InChI is InChI=1S/C16H18BrN3O4S/c1-4-23-12-7-10(6-11(17)14(12)24-5-2)8-13-15(22)18-16(25-13)20-19-9(3)21/h6-8H,4-5H2,1-3H3,(H,19,21)(H,18,20,22)/b13-8-. The average Bonchev–Trinajstić information content (AvgIpc) is 2.89. The Balaban J connectivity index is 2.29. The van der Waals surface area contributed by atoms with Crippen LogP contribution in [0.5, 0.6) is 11.5 Å². The van der Waals surface area contributed by atoms with E-state index in [-0.39, 0.29) is 11.8 Å². The summed E-state index contributed by atoms with van der Waals surface area (Å²) < 4.78 is 12.0. The molecule has 2 rings (SSSR count). The molecule has 1 aliphatic rings. The number of hydrazone groups is 1. The zero-order valence-corrected chi connectivity index (χ0v) is 16.4. The first-order chi connectivity index (χ1) is 11.9. The zero-order chi connectivity index (χ0) is 18.4. The molecule has 2 N–H and O–H groups in total. The fourth-order valence-electron chi connectivity index (χ4n) is 1.98. The predicted octanol–water partition coefficient (Wildman–Crippen LogP) is 2.86. The second-order valence-electron chi connectivity index (χ2n) is 4.85. The number of carbonyl (C=O) groups is 2. The van der Waals surface area contributed by atoms with E-state index in [1.54, 1.807) is 6.08 Å². The number of carbonyl (C=O) groups excluding carboxylic acids is 2. The highest BCUT2D eigenvalue weighted by atomic mass is 79.9. The summed E-state index contributed by atoms with van der Waals surface area (Å²) in [5.41, 5.74) is 3.07. The van der Waals surface area contributed by atoms with Gasteiger partial charge in [0.15, 0.2) is 16.7 Å². The van der Waals surface area contributed by atoms with E-state index in [2.05, 4.69) is 31.8 Å². The summed E-state index contributed by atoms with van der Waals surface area (Å²) in [5, 5.41) is 6.73. The average molecular weight is 428 g/mol. The van der Waals surface area contributed by atoms with Crippen LogP contribution in [-0.4, -0.2) is 30.2 Å². The number of nitrogens with zero attached hydrogens (tertiary/aromatic N) is 1. The van der Waals surface area contributed by atoms with Crippen LogP contribution in [0.15, 0.2) is 26.6 Å². The SMILES string of the molecule is CCOc1cc(/C=C2\S/C(=N\NC(C)=O)NC2=O)cc(Br)c1OCC. The fraction of sp³-hybridized carbons (Fsp3) is 0.312. The molecule has 1 saturated heterocycles. The van der Waals surface area contributed by atoms with Crippen molar-refractivity contribution in [2.45, 2.75) is 20.8 Å². The molecule has 0 unspecified atom stereocenters. The highest BCUT2D eigenvalue weighted by molar-refractivity contribution is 9.10. The molecule has 9 heteroatoms. The van der Waals surface area contributed by atoms with Crippen molar-refractivity contribution in [2.24, 2.45) is 5.10 Å². The van der Waals surface area contributed by atoms with Crippen molar-refractivity contribution in [1.29, 1.82) is 0 Å². The first-order valence-corrected chi connectivity index (χ1v) is 9.19. The Morgan fingerprint density at radius 2 is 2.08 bits per heavy atom. The van der Waals surface area contributed by atoms with Crippen LogP contribution in [0.3, 0.4) is 0 Å². The lowest BCUT2D eigenvalue weighted by Gasteiger charge is -2.13. The van der Waals surface area contributed by atoms with Gasteiger partial charge in [-0.15, -0.1) is 5.10 Å². The molecule has 7 nitrogen and oxygen atoms in total. The van der Waals surface area contributed by atoms with Gasteiger partial charge in [0.05, 0.1) is 22.6 Å². The molecule has 0 spiro atoms. The van der Waals surface area contributed by atoms with Gasteiger partial charge in [0.1, 0.15) is 0 Å². The molecule has 0 atom stereocenters. The second-order valence-corrected chi connectivity index (χ2v) is 6.73. The minimum Gasteiger partial charge on any atom is -0.490 e. The minimum atomic E-state index is -0.309. The molecule has 0 aliphatic carbocycles. The van der Waals surface area contributed by atoms with Gasteiger partial charge in [-0.05, 0) is 65.3 Å². The van der Waals surface area contributed by atoms with E-state index in [1.165, 1.54) is 6.92 Å². The monoisotopic (exact) mass is 427 g/mol. The van der Waals surface area contributed by atoms with Crippen LogP contribution in [-0.2, 0) is 9.59 Å². The van der Waals surface area contributed by atoms with Crippen molar-refractivity contribution in [1.82, 2.24) is 10.7 Å². The molecule has 2 amide bonds. The molecule has 134 valence electrons. The summed E-state index contributed by atoms with van der Waals surface area (Å²) in [4.78, 5) is 23.4. The summed E-state index contributed by atoms with van der Waals surface area (Å²) >= 11 is 4.62. The maximum absolute atomic E-state index is 12.0. The summed E-state index contributed by atoms with van der Waals surface area (Å²) in [5.74, 6) is 0.637. The van der Waals surface area contributed by atoms with Gasteiger partial charge in [-0.25, -0.2) is 5.43 Å². The highest BCUT2D eigenvalue weighted by Gasteiger charge is 2.24. The van der Waals surface area contributed by atoms with Crippen LogP contribution in [0.25, 0.3) is 6.08 Å². The number of ether oxygens (including phenoxy) is 2. The molecular weight excluding hydrogens is 410 g/mol. The van der Waals surface area contributed by atoms with Crippen molar-refractivity contribution in [3.8, 4) is 11.5 Å². The third kappa shape index (κ3) is 5.23. The first kappa shape index (κ1) is 19.3. The van der Waals surface area contributed by atoms with E-state index in [0.29, 0.717) is 34.8 Å². The van der Waals surface area contributed by atoms with E-state index in [9.17, 15) is 9.59 Å². The summed E-state index contributed by atoms with van der Waals surface area (Å²) in [7, 11) is 0. The number of amidine groups is 1. The zero-order valence-electron chi connectivity index (χ0n) is 14.0. The third-order valence-corrected chi connectivity index (χ3v) is 4.38. The molecular formula is C16H18BrN3O4S. The maximum Gasteiger partial charge on any atom is 0.264 e. The third-order valence-electron chi connectivity index (χ3n) is 2.88. The van der Waals surface area contributed by atoms with Gasteiger partial charge < -0.3 is 9.47 Å². The van der Waals surface area contributed by atoms with Gasteiger partial charge in [0.2, 0.25) is 5.91 Å². The van der Waals surface area contributed by atoms with E-state index in [4.69, 9.17) is 9.47 Å². The Bertz CT molecular complexity index is 749. The minimum absolute atomic E-state index is 0.280. The van der Waals surface area contributed by atoms with E-state index < -0.39 is 0 Å². The first-order valence-electron chi connectivity index (χ1n) is 7.58. The molecule has 1 aromatic rings. The number of nitrogens with one attached hydrogen (secondary N) is 2. The van der Waals surface area contributed by atoms with Gasteiger partial charge in [-0.3, -0.25) is 14.9 Å². The summed E-state index contributed by atoms with van der Waals surface area (Å²) in [6.07, 6.45) is 1.72. The highest BCUT2D eigenvalue weighted by Crippen LogP contribution is 2.38. The Morgan fingerprint density at radius 1 is 1.36 bits per heavy atom. The van der Waals surface area contributed by atoms with Crippen LogP contribution in [0.4, 0.5) is 0 Å². The number of hydrogen-bond donors (Lipinski definition) is 2. The smallest absolute Gasteiger partial charge is 0.264 e. The predicted molar refractivity (Wildman–Crippen MR) is 101 cm³/mol. The van der Waals surface area contributed by atoms with Crippen molar-refractivity contribution >= 4 is 50.7 Å². The van der Waals surface area contributed by atoms with Gasteiger partial charge in [0, 0.05) is 6.92 Å². The number of benzene rings is 1. The van der Waals surface area contributed by atoms with E-state index in [0.717, 1.165) is 21.8 Å².